The number of nitriles is 1. The third-order valence-electron chi connectivity index (χ3n) is 5.16. The number of piperazine rings is 1. The Morgan fingerprint density at radius 1 is 1.16 bits per heavy atom. The van der Waals surface area contributed by atoms with Crippen LogP contribution in [0.5, 0.6) is 0 Å². The van der Waals surface area contributed by atoms with Gasteiger partial charge in [0, 0.05) is 50.0 Å². The van der Waals surface area contributed by atoms with Gasteiger partial charge in [-0.1, -0.05) is 0 Å². The van der Waals surface area contributed by atoms with Gasteiger partial charge in [-0.15, -0.1) is 0 Å². The normalized spacial score (nSPS) is 24.1. The molecule has 25 heavy (non-hydrogen) atoms. The minimum atomic E-state index is -0.210. The van der Waals surface area contributed by atoms with Crippen LogP contribution in [0.4, 0.5) is 10.5 Å². The van der Waals surface area contributed by atoms with Crippen LogP contribution in [0.2, 0.25) is 0 Å². The molecule has 130 valence electrons. The van der Waals surface area contributed by atoms with Crippen molar-refractivity contribution in [3.05, 3.63) is 29.8 Å². The van der Waals surface area contributed by atoms with Gasteiger partial charge in [0.2, 0.25) is 0 Å². The molecule has 4 rings (SSSR count). The SMILES string of the molecule is N#CC1CN(C(=O)c2ccc(N3CCNC3=O)cc2)CCN1C1CC1. The number of anilines is 1. The zero-order valence-electron chi connectivity index (χ0n) is 14.0. The van der Waals surface area contributed by atoms with Crippen LogP contribution in [-0.2, 0) is 0 Å². The number of carbonyl (C=O) groups excluding carboxylic acids is 2. The average Bonchev–Trinajstić information content (AvgIpc) is 3.41. The number of nitrogens with zero attached hydrogens (tertiary/aromatic N) is 4. The van der Waals surface area contributed by atoms with E-state index in [1.807, 2.05) is 0 Å². The molecule has 0 aromatic heterocycles. The Labute approximate surface area is 146 Å². The van der Waals surface area contributed by atoms with E-state index >= 15 is 0 Å². The van der Waals surface area contributed by atoms with Gasteiger partial charge in [-0.05, 0) is 37.1 Å². The van der Waals surface area contributed by atoms with E-state index in [1.54, 1.807) is 34.1 Å². The van der Waals surface area contributed by atoms with E-state index in [-0.39, 0.29) is 18.0 Å². The molecule has 1 atom stereocenters. The summed E-state index contributed by atoms with van der Waals surface area (Å²) in [4.78, 5) is 30.1. The first-order valence-electron chi connectivity index (χ1n) is 8.77. The van der Waals surface area contributed by atoms with Crippen LogP contribution in [0.15, 0.2) is 24.3 Å². The van der Waals surface area contributed by atoms with Crippen LogP contribution >= 0.6 is 0 Å². The van der Waals surface area contributed by atoms with Gasteiger partial charge >= 0.3 is 6.03 Å². The van der Waals surface area contributed by atoms with Gasteiger partial charge < -0.3 is 10.2 Å². The topological polar surface area (TPSA) is 79.7 Å². The van der Waals surface area contributed by atoms with Gasteiger partial charge in [0.1, 0.15) is 6.04 Å². The number of urea groups is 1. The molecule has 3 amide bonds. The molecule has 0 spiro atoms. The summed E-state index contributed by atoms with van der Waals surface area (Å²) in [6.07, 6.45) is 2.33. The Morgan fingerprint density at radius 3 is 2.52 bits per heavy atom. The zero-order chi connectivity index (χ0) is 17.4. The van der Waals surface area contributed by atoms with Crippen molar-refractivity contribution in [2.45, 2.75) is 24.9 Å². The first-order chi connectivity index (χ1) is 12.2. The number of hydrogen-bond acceptors (Lipinski definition) is 4. The minimum absolute atomic E-state index is 0.0480. The lowest BCUT2D eigenvalue weighted by molar-refractivity contribution is 0.0550. The number of hydrogen-bond donors (Lipinski definition) is 1. The molecule has 2 heterocycles. The Kier molecular flexibility index (Phi) is 4.06. The van der Waals surface area contributed by atoms with E-state index in [1.165, 1.54) is 0 Å². The van der Waals surface area contributed by atoms with Crippen molar-refractivity contribution in [2.75, 3.05) is 37.6 Å². The molecule has 7 heteroatoms. The highest BCUT2D eigenvalue weighted by molar-refractivity contribution is 5.97. The van der Waals surface area contributed by atoms with Crippen molar-refractivity contribution in [1.29, 1.82) is 5.26 Å². The maximum Gasteiger partial charge on any atom is 0.321 e. The van der Waals surface area contributed by atoms with Crippen LogP contribution in [0.3, 0.4) is 0 Å². The van der Waals surface area contributed by atoms with Crippen LogP contribution in [0.25, 0.3) is 0 Å². The molecule has 1 aromatic carbocycles. The minimum Gasteiger partial charge on any atom is -0.336 e. The molecule has 2 aliphatic heterocycles. The van der Waals surface area contributed by atoms with Gasteiger partial charge in [0.15, 0.2) is 0 Å². The summed E-state index contributed by atoms with van der Waals surface area (Å²) >= 11 is 0. The zero-order valence-corrected chi connectivity index (χ0v) is 14.0. The largest absolute Gasteiger partial charge is 0.336 e. The summed E-state index contributed by atoms with van der Waals surface area (Å²) in [6.45, 7) is 3.16. The highest BCUT2D eigenvalue weighted by Gasteiger charge is 2.38. The first-order valence-corrected chi connectivity index (χ1v) is 8.77. The smallest absolute Gasteiger partial charge is 0.321 e. The van der Waals surface area contributed by atoms with E-state index in [4.69, 9.17) is 0 Å². The lowest BCUT2D eigenvalue weighted by Crippen LogP contribution is -2.54. The molecule has 1 aromatic rings. The summed E-state index contributed by atoms with van der Waals surface area (Å²) in [6, 6.07) is 9.70. The number of benzene rings is 1. The van der Waals surface area contributed by atoms with E-state index in [0.717, 1.165) is 25.1 Å². The van der Waals surface area contributed by atoms with Gasteiger partial charge in [0.25, 0.3) is 5.91 Å². The monoisotopic (exact) mass is 339 g/mol. The molecule has 1 unspecified atom stereocenters. The highest BCUT2D eigenvalue weighted by atomic mass is 16.2. The summed E-state index contributed by atoms with van der Waals surface area (Å²) in [5.41, 5.74) is 1.39. The van der Waals surface area contributed by atoms with Gasteiger partial charge in [-0.2, -0.15) is 5.26 Å². The van der Waals surface area contributed by atoms with Crippen LogP contribution in [0, 0.1) is 11.3 Å². The molecule has 0 radical (unpaired) electrons. The fourth-order valence-electron chi connectivity index (χ4n) is 3.62. The molecule has 7 nitrogen and oxygen atoms in total. The molecule has 1 N–H and O–H groups in total. The van der Waals surface area contributed by atoms with Crippen LogP contribution < -0.4 is 10.2 Å². The predicted molar refractivity (Wildman–Crippen MR) is 92.2 cm³/mol. The van der Waals surface area contributed by atoms with Gasteiger partial charge in [0.05, 0.1) is 6.07 Å². The standard InChI is InChI=1S/C18H21N5O2/c19-11-16-12-21(9-10-22(16)14-5-6-14)17(24)13-1-3-15(4-2-13)23-8-7-20-18(23)25/h1-4,14,16H,5-10,12H2,(H,20,25). The van der Waals surface area contributed by atoms with Crippen molar-refractivity contribution in [3.8, 4) is 6.07 Å². The first kappa shape index (κ1) is 15.9. The second-order valence-corrected chi connectivity index (χ2v) is 6.80. The molecule has 3 aliphatic rings. The Balaban J connectivity index is 1.44. The molecule has 0 bridgehead atoms. The third-order valence-corrected chi connectivity index (χ3v) is 5.16. The molecule has 1 saturated carbocycles. The number of carbonyl (C=O) groups is 2. The van der Waals surface area contributed by atoms with Crippen molar-refractivity contribution in [1.82, 2.24) is 15.1 Å². The molecular weight excluding hydrogens is 318 g/mol. The number of nitrogens with one attached hydrogen (secondary N) is 1. The van der Waals surface area contributed by atoms with E-state index in [0.29, 0.717) is 37.8 Å². The molecule has 2 saturated heterocycles. The van der Waals surface area contributed by atoms with Gasteiger partial charge in [-0.25, -0.2) is 4.79 Å². The van der Waals surface area contributed by atoms with Crippen molar-refractivity contribution < 1.29 is 9.59 Å². The summed E-state index contributed by atoms with van der Waals surface area (Å²) in [5, 5.41) is 12.2. The summed E-state index contributed by atoms with van der Waals surface area (Å²) < 4.78 is 0. The number of rotatable bonds is 3. The van der Waals surface area contributed by atoms with E-state index in [9.17, 15) is 14.9 Å². The fourth-order valence-corrected chi connectivity index (χ4v) is 3.62. The van der Waals surface area contributed by atoms with E-state index < -0.39 is 0 Å². The second-order valence-electron chi connectivity index (χ2n) is 6.80. The Hall–Kier alpha value is -2.59. The highest BCUT2D eigenvalue weighted by Crippen LogP contribution is 2.30. The van der Waals surface area contributed by atoms with Gasteiger partial charge in [-0.3, -0.25) is 14.6 Å². The maximum atomic E-state index is 12.8. The van der Waals surface area contributed by atoms with Crippen molar-refractivity contribution in [2.24, 2.45) is 0 Å². The Bertz CT molecular complexity index is 722. The molecule has 3 fully saturated rings. The summed E-state index contributed by atoms with van der Waals surface area (Å²) in [7, 11) is 0. The lowest BCUT2D eigenvalue weighted by atomic mass is 10.1. The Morgan fingerprint density at radius 2 is 1.92 bits per heavy atom. The van der Waals surface area contributed by atoms with Crippen molar-refractivity contribution in [3.63, 3.8) is 0 Å². The maximum absolute atomic E-state index is 12.8. The van der Waals surface area contributed by atoms with E-state index in [2.05, 4.69) is 16.3 Å². The molecule has 1 aliphatic carbocycles. The van der Waals surface area contributed by atoms with Crippen LogP contribution in [0.1, 0.15) is 23.2 Å². The predicted octanol–water partition coefficient (Wildman–Crippen LogP) is 1.03. The lowest BCUT2D eigenvalue weighted by Gasteiger charge is -2.38. The quantitative estimate of drug-likeness (QED) is 0.892. The number of amides is 3. The molecular formula is C18H21N5O2. The third kappa shape index (κ3) is 3.05. The second kappa shape index (κ2) is 6.37. The fraction of sp³-hybridized carbons (Fsp3) is 0.500. The van der Waals surface area contributed by atoms with Crippen LogP contribution in [-0.4, -0.2) is 66.5 Å². The summed E-state index contributed by atoms with van der Waals surface area (Å²) in [5.74, 6) is -0.0480. The van der Waals surface area contributed by atoms with Crippen molar-refractivity contribution >= 4 is 17.6 Å². The average molecular weight is 339 g/mol.